The van der Waals surface area contributed by atoms with E-state index in [9.17, 15) is 9.59 Å². The third-order valence-electron chi connectivity index (χ3n) is 3.71. The minimum atomic E-state index is -0.217. The van der Waals surface area contributed by atoms with Gasteiger partial charge < -0.3 is 15.0 Å². The molecule has 0 radical (unpaired) electrons. The van der Waals surface area contributed by atoms with Crippen LogP contribution >= 0.6 is 12.4 Å². The van der Waals surface area contributed by atoms with E-state index in [-0.39, 0.29) is 24.3 Å². The zero-order valence-electron chi connectivity index (χ0n) is 12.0. The molecule has 1 amide bonds. The molecule has 0 spiro atoms. The predicted octanol–water partition coefficient (Wildman–Crippen LogP) is -0.275. The summed E-state index contributed by atoms with van der Waals surface area (Å²) in [7, 11) is 1.40. The number of hydrogen-bond acceptors (Lipinski definition) is 5. The fraction of sp³-hybridized carbons (Fsp3) is 0.846. The van der Waals surface area contributed by atoms with Gasteiger partial charge in [-0.25, -0.2) is 0 Å². The summed E-state index contributed by atoms with van der Waals surface area (Å²) in [5.74, 6) is 0.744. The molecule has 0 bridgehead atoms. The van der Waals surface area contributed by atoms with Gasteiger partial charge in [-0.15, -0.1) is 12.4 Å². The molecule has 1 aliphatic heterocycles. The van der Waals surface area contributed by atoms with Crippen molar-refractivity contribution in [1.29, 1.82) is 0 Å². The third kappa shape index (κ3) is 5.64. The van der Waals surface area contributed by atoms with Gasteiger partial charge in [-0.1, -0.05) is 0 Å². The normalized spacial score (nSPS) is 19.4. The summed E-state index contributed by atoms with van der Waals surface area (Å²) in [6.45, 7) is 4.59. The maximum atomic E-state index is 11.9. The molecule has 116 valence electrons. The van der Waals surface area contributed by atoms with E-state index in [1.54, 1.807) is 0 Å². The van der Waals surface area contributed by atoms with Crippen LogP contribution in [-0.4, -0.2) is 74.6 Å². The largest absolute Gasteiger partial charge is 0.468 e. The van der Waals surface area contributed by atoms with Crippen molar-refractivity contribution in [3.05, 3.63) is 0 Å². The van der Waals surface area contributed by atoms with Crippen molar-refractivity contribution in [2.75, 3.05) is 52.9 Å². The Morgan fingerprint density at radius 2 is 1.85 bits per heavy atom. The number of amides is 1. The van der Waals surface area contributed by atoms with E-state index >= 15 is 0 Å². The number of nitrogens with zero attached hydrogens (tertiary/aromatic N) is 2. The molecule has 0 unspecified atom stereocenters. The Kier molecular flexibility index (Phi) is 7.26. The lowest BCUT2D eigenvalue weighted by molar-refractivity contribution is -0.142. The van der Waals surface area contributed by atoms with Crippen LogP contribution in [0, 0.1) is 5.92 Å². The molecule has 2 rings (SSSR count). The van der Waals surface area contributed by atoms with E-state index in [1.165, 1.54) is 20.0 Å². The SMILES string of the molecule is COC(=O)CN1CCN(C(=O)CNCC2CC2)CC1.Cl. The van der Waals surface area contributed by atoms with Gasteiger partial charge in [-0.05, 0) is 25.3 Å². The van der Waals surface area contributed by atoms with Gasteiger partial charge in [-0.2, -0.15) is 0 Å². The van der Waals surface area contributed by atoms with Crippen LogP contribution in [0.3, 0.4) is 0 Å². The smallest absolute Gasteiger partial charge is 0.319 e. The number of halogens is 1. The minimum Gasteiger partial charge on any atom is -0.468 e. The lowest BCUT2D eigenvalue weighted by atomic mass is 10.3. The minimum absolute atomic E-state index is 0. The first-order chi connectivity index (χ1) is 9.19. The molecule has 1 saturated carbocycles. The summed E-state index contributed by atoms with van der Waals surface area (Å²) < 4.78 is 4.64. The molecular formula is C13H24ClN3O3. The number of ether oxygens (including phenoxy) is 1. The average molecular weight is 306 g/mol. The second-order valence-electron chi connectivity index (χ2n) is 5.31. The number of carbonyl (C=O) groups excluding carboxylic acids is 2. The highest BCUT2D eigenvalue weighted by Crippen LogP contribution is 2.27. The number of esters is 1. The van der Waals surface area contributed by atoms with Crippen molar-refractivity contribution in [2.24, 2.45) is 5.92 Å². The molecule has 6 nitrogen and oxygen atoms in total. The maximum absolute atomic E-state index is 11.9. The van der Waals surface area contributed by atoms with Crippen LogP contribution < -0.4 is 5.32 Å². The van der Waals surface area contributed by atoms with Crippen molar-refractivity contribution in [2.45, 2.75) is 12.8 Å². The first-order valence-corrected chi connectivity index (χ1v) is 6.96. The summed E-state index contributed by atoms with van der Waals surface area (Å²) >= 11 is 0. The molecule has 1 saturated heterocycles. The monoisotopic (exact) mass is 305 g/mol. The van der Waals surface area contributed by atoms with Gasteiger partial charge in [0.15, 0.2) is 0 Å². The quantitative estimate of drug-likeness (QED) is 0.684. The zero-order chi connectivity index (χ0) is 13.7. The molecule has 2 fully saturated rings. The highest BCUT2D eigenvalue weighted by atomic mass is 35.5. The van der Waals surface area contributed by atoms with Gasteiger partial charge in [0.25, 0.3) is 0 Å². The standard InChI is InChI=1S/C13H23N3O3.ClH/c1-19-13(18)10-15-4-6-16(7-5-15)12(17)9-14-8-11-2-3-11;/h11,14H,2-10H2,1H3;1H. The average Bonchev–Trinajstić information content (AvgIpc) is 3.23. The number of nitrogens with one attached hydrogen (secondary N) is 1. The number of carbonyl (C=O) groups is 2. The maximum Gasteiger partial charge on any atom is 0.319 e. The fourth-order valence-electron chi connectivity index (χ4n) is 2.22. The van der Waals surface area contributed by atoms with E-state index in [0.29, 0.717) is 26.2 Å². The molecule has 1 N–H and O–H groups in total. The molecule has 2 aliphatic rings. The Morgan fingerprint density at radius 1 is 1.20 bits per heavy atom. The van der Waals surface area contributed by atoms with Gasteiger partial charge >= 0.3 is 5.97 Å². The molecule has 1 aliphatic carbocycles. The predicted molar refractivity (Wildman–Crippen MR) is 77.9 cm³/mol. The van der Waals surface area contributed by atoms with E-state index < -0.39 is 0 Å². The van der Waals surface area contributed by atoms with Crippen LogP contribution in [0.25, 0.3) is 0 Å². The van der Waals surface area contributed by atoms with Crippen LogP contribution in [0.4, 0.5) is 0 Å². The molecule has 0 atom stereocenters. The molecule has 1 heterocycles. The van der Waals surface area contributed by atoms with Crippen molar-refractivity contribution >= 4 is 24.3 Å². The molecule has 7 heteroatoms. The van der Waals surface area contributed by atoms with E-state index in [1.807, 2.05) is 9.80 Å². The van der Waals surface area contributed by atoms with Crippen molar-refractivity contribution < 1.29 is 14.3 Å². The van der Waals surface area contributed by atoms with Crippen molar-refractivity contribution in [3.63, 3.8) is 0 Å². The van der Waals surface area contributed by atoms with Gasteiger partial charge in [0.1, 0.15) is 0 Å². The molecular weight excluding hydrogens is 282 g/mol. The van der Waals surface area contributed by atoms with Gasteiger partial charge in [0.2, 0.25) is 5.91 Å². The van der Waals surface area contributed by atoms with E-state index in [0.717, 1.165) is 25.6 Å². The fourth-order valence-corrected chi connectivity index (χ4v) is 2.22. The number of rotatable bonds is 6. The summed E-state index contributed by atoms with van der Waals surface area (Å²) in [4.78, 5) is 27.0. The Balaban J connectivity index is 0.00000200. The number of piperazine rings is 1. The Labute approximate surface area is 126 Å². The summed E-state index contributed by atoms with van der Waals surface area (Å²) in [5, 5.41) is 3.22. The second-order valence-corrected chi connectivity index (χ2v) is 5.31. The van der Waals surface area contributed by atoms with Crippen LogP contribution in [0.1, 0.15) is 12.8 Å². The summed E-state index contributed by atoms with van der Waals surface area (Å²) in [6, 6.07) is 0. The highest BCUT2D eigenvalue weighted by molar-refractivity contribution is 5.85. The summed E-state index contributed by atoms with van der Waals surface area (Å²) in [5.41, 5.74) is 0. The van der Waals surface area contributed by atoms with Gasteiger partial charge in [0.05, 0.1) is 20.2 Å². The molecule has 0 aromatic carbocycles. The Morgan fingerprint density at radius 3 is 2.40 bits per heavy atom. The first-order valence-electron chi connectivity index (χ1n) is 6.96. The molecule has 20 heavy (non-hydrogen) atoms. The van der Waals surface area contributed by atoms with E-state index in [2.05, 4.69) is 10.1 Å². The first kappa shape index (κ1) is 17.2. The van der Waals surface area contributed by atoms with Gasteiger partial charge in [0, 0.05) is 26.2 Å². The molecule has 0 aromatic heterocycles. The van der Waals surface area contributed by atoms with Crippen molar-refractivity contribution in [3.8, 4) is 0 Å². The van der Waals surface area contributed by atoms with E-state index in [4.69, 9.17) is 0 Å². The highest BCUT2D eigenvalue weighted by Gasteiger charge is 2.24. The van der Waals surface area contributed by atoms with Crippen LogP contribution in [0.5, 0.6) is 0 Å². The lowest BCUT2D eigenvalue weighted by Gasteiger charge is -2.34. The van der Waals surface area contributed by atoms with Crippen molar-refractivity contribution in [1.82, 2.24) is 15.1 Å². The van der Waals surface area contributed by atoms with Gasteiger partial charge in [-0.3, -0.25) is 14.5 Å². The zero-order valence-corrected chi connectivity index (χ0v) is 12.8. The number of hydrogen-bond donors (Lipinski definition) is 1. The van der Waals surface area contributed by atoms with Crippen LogP contribution in [0.2, 0.25) is 0 Å². The lowest BCUT2D eigenvalue weighted by Crippen LogP contribution is -2.51. The topological polar surface area (TPSA) is 61.9 Å². The Hall–Kier alpha value is -0.850. The van der Waals surface area contributed by atoms with Crippen LogP contribution in [0.15, 0.2) is 0 Å². The summed E-state index contributed by atoms with van der Waals surface area (Å²) in [6.07, 6.45) is 2.60. The second kappa shape index (κ2) is 8.44. The third-order valence-corrected chi connectivity index (χ3v) is 3.71. The molecule has 0 aromatic rings. The van der Waals surface area contributed by atoms with Crippen LogP contribution in [-0.2, 0) is 14.3 Å². The number of methoxy groups -OCH3 is 1. The Bertz CT molecular complexity index is 329.